The number of amides is 1. The van der Waals surface area contributed by atoms with Gasteiger partial charge in [0.1, 0.15) is 12.1 Å². The van der Waals surface area contributed by atoms with E-state index in [0.29, 0.717) is 22.7 Å². The third-order valence-corrected chi connectivity index (χ3v) is 3.66. The fourth-order valence-electron chi connectivity index (χ4n) is 2.16. The number of nitrogens with one attached hydrogen (secondary N) is 1. The quantitative estimate of drug-likeness (QED) is 0.899. The molecule has 0 saturated carbocycles. The van der Waals surface area contributed by atoms with E-state index in [1.165, 1.54) is 0 Å². The molecule has 1 amide bonds. The summed E-state index contributed by atoms with van der Waals surface area (Å²) in [6.45, 7) is 3.04. The van der Waals surface area contributed by atoms with E-state index in [4.69, 9.17) is 0 Å². The average Bonchev–Trinajstić information content (AvgIpc) is 2.56. The Morgan fingerprint density at radius 3 is 2.48 bits per heavy atom. The van der Waals surface area contributed by atoms with Gasteiger partial charge in [0.05, 0.1) is 5.69 Å². The third kappa shape index (κ3) is 4.68. The van der Waals surface area contributed by atoms with Gasteiger partial charge in [-0.2, -0.15) is 18.3 Å². The summed E-state index contributed by atoms with van der Waals surface area (Å²) < 4.78 is 40.1. The van der Waals surface area contributed by atoms with E-state index >= 15 is 0 Å². The van der Waals surface area contributed by atoms with Crippen LogP contribution in [-0.2, 0) is 17.5 Å². The average molecular weight is 353 g/mol. The normalized spacial score (nSPS) is 12.7. The summed E-state index contributed by atoms with van der Waals surface area (Å²) in [6.07, 6.45) is -4.18. The summed E-state index contributed by atoms with van der Waals surface area (Å²) in [6, 6.07) is 8.73. The summed E-state index contributed by atoms with van der Waals surface area (Å²) >= 11 is 0. The van der Waals surface area contributed by atoms with E-state index in [0.717, 1.165) is 0 Å². The molecule has 5 nitrogen and oxygen atoms in total. The Morgan fingerprint density at radius 2 is 1.92 bits per heavy atom. The molecule has 0 fully saturated rings. The first kappa shape index (κ1) is 18.7. The lowest BCUT2D eigenvalue weighted by molar-refractivity contribution is -0.139. The van der Waals surface area contributed by atoms with E-state index in [1.54, 1.807) is 37.3 Å². The molecule has 134 valence electrons. The lowest BCUT2D eigenvalue weighted by Gasteiger charge is -2.14. The molecule has 0 spiro atoms. The first-order valence-corrected chi connectivity index (χ1v) is 7.76. The van der Waals surface area contributed by atoms with Crippen molar-refractivity contribution in [3.05, 3.63) is 52.3 Å². The summed E-state index contributed by atoms with van der Waals surface area (Å²) in [5.74, 6) is -0.567. The minimum Gasteiger partial charge on any atom is -0.352 e. The molecule has 0 aliphatic rings. The number of carbonyl (C=O) groups excluding carboxylic acids is 1. The SMILES string of the molecule is CC[C@H](C)NC(=O)Cn1nc(-c2ccccc2)cc(C(F)(F)F)c1=O. The Bertz CT molecular complexity index is 801. The number of hydrogen-bond donors (Lipinski definition) is 1. The van der Waals surface area contributed by atoms with Gasteiger partial charge in [0, 0.05) is 11.6 Å². The number of alkyl halides is 3. The van der Waals surface area contributed by atoms with Crippen LogP contribution in [0.2, 0.25) is 0 Å². The van der Waals surface area contributed by atoms with Crippen LogP contribution in [0.3, 0.4) is 0 Å². The highest BCUT2D eigenvalue weighted by Gasteiger charge is 2.35. The Labute approximate surface area is 142 Å². The van der Waals surface area contributed by atoms with Gasteiger partial charge < -0.3 is 5.32 Å². The Morgan fingerprint density at radius 1 is 1.28 bits per heavy atom. The number of rotatable bonds is 5. The van der Waals surface area contributed by atoms with Crippen molar-refractivity contribution in [1.82, 2.24) is 15.1 Å². The molecule has 2 aromatic rings. The van der Waals surface area contributed by atoms with Crippen molar-refractivity contribution in [3.8, 4) is 11.3 Å². The maximum atomic E-state index is 13.2. The standard InChI is InChI=1S/C17H18F3N3O2/c1-3-11(2)21-15(24)10-23-16(25)13(17(18,19)20)9-14(22-23)12-7-5-4-6-8-12/h4-9,11H,3,10H2,1-2H3,(H,21,24)/t11-/m0/s1. The van der Waals surface area contributed by atoms with E-state index < -0.39 is 29.8 Å². The van der Waals surface area contributed by atoms with Crippen LogP contribution in [0.15, 0.2) is 41.2 Å². The van der Waals surface area contributed by atoms with Gasteiger partial charge >= 0.3 is 6.18 Å². The molecule has 0 aliphatic carbocycles. The first-order valence-electron chi connectivity index (χ1n) is 7.76. The van der Waals surface area contributed by atoms with Gasteiger partial charge in [-0.3, -0.25) is 9.59 Å². The molecular formula is C17H18F3N3O2. The lowest BCUT2D eigenvalue weighted by atomic mass is 10.1. The minimum absolute atomic E-state index is 0.0242. The highest BCUT2D eigenvalue weighted by atomic mass is 19.4. The molecule has 25 heavy (non-hydrogen) atoms. The summed E-state index contributed by atoms with van der Waals surface area (Å²) in [5, 5.41) is 6.54. The van der Waals surface area contributed by atoms with Crippen molar-refractivity contribution in [1.29, 1.82) is 0 Å². The van der Waals surface area contributed by atoms with Crippen LogP contribution >= 0.6 is 0 Å². The molecule has 1 aromatic heterocycles. The van der Waals surface area contributed by atoms with Crippen LogP contribution in [-0.4, -0.2) is 21.7 Å². The molecule has 0 bridgehead atoms. The van der Waals surface area contributed by atoms with Crippen LogP contribution in [0.5, 0.6) is 0 Å². The maximum absolute atomic E-state index is 13.2. The van der Waals surface area contributed by atoms with E-state index in [2.05, 4.69) is 10.4 Å². The molecule has 0 radical (unpaired) electrons. The number of hydrogen-bond acceptors (Lipinski definition) is 3. The van der Waals surface area contributed by atoms with E-state index in [1.807, 2.05) is 6.92 Å². The van der Waals surface area contributed by atoms with Crippen LogP contribution in [0.25, 0.3) is 11.3 Å². The Kier molecular flexibility index (Phi) is 5.61. The van der Waals surface area contributed by atoms with Crippen molar-refractivity contribution < 1.29 is 18.0 Å². The van der Waals surface area contributed by atoms with Gasteiger partial charge in [-0.05, 0) is 19.4 Å². The van der Waals surface area contributed by atoms with Crippen molar-refractivity contribution in [2.45, 2.75) is 39.0 Å². The molecule has 0 unspecified atom stereocenters. The molecule has 0 aliphatic heterocycles. The molecular weight excluding hydrogens is 335 g/mol. The third-order valence-electron chi connectivity index (χ3n) is 3.66. The van der Waals surface area contributed by atoms with Gasteiger partial charge in [0.15, 0.2) is 0 Å². The predicted molar refractivity (Wildman–Crippen MR) is 86.8 cm³/mol. The predicted octanol–water partition coefficient (Wildman–Crippen LogP) is 2.84. The minimum atomic E-state index is -4.83. The van der Waals surface area contributed by atoms with Crippen molar-refractivity contribution in [2.75, 3.05) is 0 Å². The number of aromatic nitrogens is 2. The molecule has 0 saturated heterocycles. The second-order valence-electron chi connectivity index (χ2n) is 5.65. The molecule has 2 rings (SSSR count). The smallest absolute Gasteiger partial charge is 0.352 e. The van der Waals surface area contributed by atoms with Gasteiger partial charge in [0.25, 0.3) is 5.56 Å². The Hall–Kier alpha value is -2.64. The fourth-order valence-corrected chi connectivity index (χ4v) is 2.16. The topological polar surface area (TPSA) is 64.0 Å². The van der Waals surface area contributed by atoms with Crippen LogP contribution < -0.4 is 10.9 Å². The van der Waals surface area contributed by atoms with Crippen LogP contribution in [0.4, 0.5) is 13.2 Å². The van der Waals surface area contributed by atoms with E-state index in [9.17, 15) is 22.8 Å². The van der Waals surface area contributed by atoms with Crippen molar-refractivity contribution >= 4 is 5.91 Å². The van der Waals surface area contributed by atoms with Crippen LogP contribution in [0, 0.1) is 0 Å². The molecule has 1 aromatic carbocycles. The number of halogens is 3. The number of carbonyl (C=O) groups is 1. The van der Waals surface area contributed by atoms with E-state index in [-0.39, 0.29) is 11.7 Å². The van der Waals surface area contributed by atoms with Gasteiger partial charge in [-0.1, -0.05) is 37.3 Å². The zero-order valence-electron chi connectivity index (χ0n) is 13.8. The summed E-state index contributed by atoms with van der Waals surface area (Å²) in [7, 11) is 0. The molecule has 1 heterocycles. The highest BCUT2D eigenvalue weighted by molar-refractivity contribution is 5.76. The second-order valence-corrected chi connectivity index (χ2v) is 5.65. The number of benzene rings is 1. The molecule has 1 atom stereocenters. The van der Waals surface area contributed by atoms with Gasteiger partial charge in [-0.15, -0.1) is 0 Å². The fraction of sp³-hybridized carbons (Fsp3) is 0.353. The van der Waals surface area contributed by atoms with Crippen LogP contribution in [0.1, 0.15) is 25.8 Å². The summed E-state index contributed by atoms with van der Waals surface area (Å²) in [4.78, 5) is 24.0. The zero-order valence-corrected chi connectivity index (χ0v) is 13.8. The second kappa shape index (κ2) is 7.50. The maximum Gasteiger partial charge on any atom is 0.421 e. The number of nitrogens with zero attached hydrogens (tertiary/aromatic N) is 2. The molecule has 1 N–H and O–H groups in total. The highest BCUT2D eigenvalue weighted by Crippen LogP contribution is 2.28. The summed E-state index contributed by atoms with van der Waals surface area (Å²) in [5.41, 5.74) is -2.29. The van der Waals surface area contributed by atoms with Crippen molar-refractivity contribution in [2.24, 2.45) is 0 Å². The van der Waals surface area contributed by atoms with Gasteiger partial charge in [-0.25, -0.2) is 4.68 Å². The molecule has 8 heteroatoms. The lowest BCUT2D eigenvalue weighted by Crippen LogP contribution is -2.39. The zero-order chi connectivity index (χ0) is 18.6. The monoisotopic (exact) mass is 353 g/mol. The van der Waals surface area contributed by atoms with Gasteiger partial charge in [0.2, 0.25) is 5.91 Å². The Balaban J connectivity index is 2.48. The largest absolute Gasteiger partial charge is 0.421 e. The first-order chi connectivity index (χ1) is 11.7. The van der Waals surface area contributed by atoms with Crippen molar-refractivity contribution in [3.63, 3.8) is 0 Å².